The third kappa shape index (κ3) is 2.69. The first-order chi connectivity index (χ1) is 8.09. The summed E-state index contributed by atoms with van der Waals surface area (Å²) in [5.74, 6) is 0. The fraction of sp³-hybridized carbons (Fsp3) is 0.308. The van der Waals surface area contributed by atoms with Crippen LogP contribution in [0.15, 0.2) is 36.5 Å². The van der Waals surface area contributed by atoms with Gasteiger partial charge in [-0.3, -0.25) is 4.68 Å². The van der Waals surface area contributed by atoms with Crippen molar-refractivity contribution < 1.29 is 0 Å². The van der Waals surface area contributed by atoms with E-state index in [0.29, 0.717) is 6.04 Å². The molecule has 0 amide bonds. The molecule has 17 heavy (non-hydrogen) atoms. The zero-order valence-corrected chi connectivity index (χ0v) is 12.1. The first-order valence-corrected chi connectivity index (χ1v) is 6.72. The van der Waals surface area contributed by atoms with Gasteiger partial charge in [-0.25, -0.2) is 0 Å². The Morgan fingerprint density at radius 3 is 2.71 bits per heavy atom. The molecule has 1 aromatic carbocycles. The minimum absolute atomic E-state index is 0.116. The molecular formula is C13H16IN3. The van der Waals surface area contributed by atoms with Gasteiger partial charge in [0.25, 0.3) is 0 Å². The molecule has 2 rings (SSSR count). The number of aromatic nitrogens is 2. The number of nitrogens with two attached hydrogens (primary N) is 1. The van der Waals surface area contributed by atoms with Crippen LogP contribution in [0.1, 0.15) is 37.2 Å². The molecule has 1 unspecified atom stereocenters. The lowest BCUT2D eigenvalue weighted by Gasteiger charge is -2.17. The molecule has 1 atom stereocenters. The summed E-state index contributed by atoms with van der Waals surface area (Å²) in [7, 11) is 0. The Bertz CT molecular complexity index is 505. The van der Waals surface area contributed by atoms with Crippen LogP contribution in [0.25, 0.3) is 0 Å². The van der Waals surface area contributed by atoms with Crippen LogP contribution in [-0.4, -0.2) is 9.78 Å². The van der Waals surface area contributed by atoms with Crippen LogP contribution in [0.2, 0.25) is 0 Å². The second kappa shape index (κ2) is 5.18. The molecule has 4 heteroatoms. The molecule has 0 aliphatic heterocycles. The molecule has 0 aliphatic rings. The average Bonchev–Trinajstić information content (AvgIpc) is 2.77. The molecule has 1 aromatic heterocycles. The van der Waals surface area contributed by atoms with E-state index in [9.17, 15) is 0 Å². The highest BCUT2D eigenvalue weighted by atomic mass is 127. The Morgan fingerprint density at radius 2 is 2.06 bits per heavy atom. The van der Waals surface area contributed by atoms with Gasteiger partial charge in [0.05, 0.1) is 11.7 Å². The Morgan fingerprint density at radius 1 is 1.29 bits per heavy atom. The van der Waals surface area contributed by atoms with Gasteiger partial charge in [-0.05, 0) is 60.2 Å². The molecule has 0 radical (unpaired) electrons. The lowest BCUT2D eigenvalue weighted by atomic mass is 10.0. The van der Waals surface area contributed by atoms with Crippen LogP contribution in [0.3, 0.4) is 0 Å². The van der Waals surface area contributed by atoms with Gasteiger partial charge in [0.15, 0.2) is 0 Å². The molecule has 0 saturated carbocycles. The fourth-order valence-corrected chi connectivity index (χ4v) is 2.44. The molecule has 3 nitrogen and oxygen atoms in total. The van der Waals surface area contributed by atoms with Crippen molar-refractivity contribution in [2.45, 2.75) is 25.9 Å². The maximum absolute atomic E-state index is 6.30. The van der Waals surface area contributed by atoms with Gasteiger partial charge in [-0.15, -0.1) is 0 Å². The molecular weight excluding hydrogens is 325 g/mol. The van der Waals surface area contributed by atoms with Crippen LogP contribution < -0.4 is 5.73 Å². The van der Waals surface area contributed by atoms with Gasteiger partial charge in [0.1, 0.15) is 0 Å². The SMILES string of the molecule is CC(C)n1nccc1C(N)c1cccc(I)c1. The van der Waals surface area contributed by atoms with Crippen LogP contribution in [0.5, 0.6) is 0 Å². The summed E-state index contributed by atoms with van der Waals surface area (Å²) in [6, 6.07) is 10.5. The lowest BCUT2D eigenvalue weighted by molar-refractivity contribution is 0.499. The van der Waals surface area contributed by atoms with E-state index in [4.69, 9.17) is 5.73 Å². The summed E-state index contributed by atoms with van der Waals surface area (Å²) in [5.41, 5.74) is 8.49. The van der Waals surface area contributed by atoms with Crippen LogP contribution in [-0.2, 0) is 0 Å². The summed E-state index contributed by atoms with van der Waals surface area (Å²) in [6.45, 7) is 4.22. The summed E-state index contributed by atoms with van der Waals surface area (Å²) in [5, 5.41) is 4.32. The number of nitrogens with zero attached hydrogens (tertiary/aromatic N) is 2. The minimum Gasteiger partial charge on any atom is -0.319 e. The van der Waals surface area contributed by atoms with Gasteiger partial charge >= 0.3 is 0 Å². The summed E-state index contributed by atoms with van der Waals surface area (Å²) in [4.78, 5) is 0. The van der Waals surface area contributed by atoms with Crippen molar-refractivity contribution in [1.82, 2.24) is 9.78 Å². The first-order valence-electron chi connectivity index (χ1n) is 5.64. The maximum atomic E-state index is 6.30. The lowest BCUT2D eigenvalue weighted by Crippen LogP contribution is -2.18. The smallest absolute Gasteiger partial charge is 0.0723 e. The maximum Gasteiger partial charge on any atom is 0.0723 e. The van der Waals surface area contributed by atoms with Crippen molar-refractivity contribution in [3.63, 3.8) is 0 Å². The normalized spacial score (nSPS) is 13.0. The highest BCUT2D eigenvalue weighted by molar-refractivity contribution is 14.1. The van der Waals surface area contributed by atoms with Gasteiger partial charge < -0.3 is 5.73 Å². The number of rotatable bonds is 3. The van der Waals surface area contributed by atoms with Crippen LogP contribution >= 0.6 is 22.6 Å². The van der Waals surface area contributed by atoms with E-state index in [0.717, 1.165) is 11.3 Å². The fourth-order valence-electron chi connectivity index (χ4n) is 1.87. The number of hydrogen-bond donors (Lipinski definition) is 1. The molecule has 0 aliphatic carbocycles. The highest BCUT2D eigenvalue weighted by Crippen LogP contribution is 2.22. The van der Waals surface area contributed by atoms with E-state index in [1.807, 2.05) is 23.0 Å². The van der Waals surface area contributed by atoms with Gasteiger partial charge in [0, 0.05) is 15.8 Å². The Balaban J connectivity index is 2.37. The molecule has 0 bridgehead atoms. The van der Waals surface area contributed by atoms with Crippen molar-refractivity contribution in [2.24, 2.45) is 5.73 Å². The summed E-state index contributed by atoms with van der Waals surface area (Å²) >= 11 is 2.30. The third-order valence-electron chi connectivity index (χ3n) is 2.72. The standard InChI is InChI=1S/C13H16IN3/c1-9(2)17-12(6-7-16-17)13(15)10-4-3-5-11(14)8-10/h3-9,13H,15H2,1-2H3. The van der Waals surface area contributed by atoms with Crippen molar-refractivity contribution in [3.8, 4) is 0 Å². The zero-order chi connectivity index (χ0) is 12.4. The van der Waals surface area contributed by atoms with Gasteiger partial charge in [-0.2, -0.15) is 5.10 Å². The van der Waals surface area contributed by atoms with E-state index in [-0.39, 0.29) is 6.04 Å². The van der Waals surface area contributed by atoms with Crippen LogP contribution in [0.4, 0.5) is 0 Å². The largest absolute Gasteiger partial charge is 0.319 e. The average molecular weight is 341 g/mol. The summed E-state index contributed by atoms with van der Waals surface area (Å²) < 4.78 is 3.18. The van der Waals surface area contributed by atoms with E-state index in [1.54, 1.807) is 0 Å². The molecule has 2 N–H and O–H groups in total. The van der Waals surface area contributed by atoms with E-state index < -0.39 is 0 Å². The van der Waals surface area contributed by atoms with Gasteiger partial charge in [-0.1, -0.05) is 12.1 Å². The highest BCUT2D eigenvalue weighted by Gasteiger charge is 2.15. The third-order valence-corrected chi connectivity index (χ3v) is 3.39. The van der Waals surface area contributed by atoms with Crippen LogP contribution in [0, 0.1) is 3.57 Å². The van der Waals surface area contributed by atoms with E-state index in [1.165, 1.54) is 3.57 Å². The Hall–Kier alpha value is -0.880. The molecule has 0 saturated heterocycles. The second-order valence-electron chi connectivity index (χ2n) is 4.33. The second-order valence-corrected chi connectivity index (χ2v) is 5.57. The zero-order valence-electron chi connectivity index (χ0n) is 9.97. The first kappa shape index (κ1) is 12.6. The molecule has 0 fully saturated rings. The van der Waals surface area contributed by atoms with Crippen molar-refractivity contribution in [2.75, 3.05) is 0 Å². The molecule has 1 heterocycles. The van der Waals surface area contributed by atoms with Gasteiger partial charge in [0.2, 0.25) is 0 Å². The summed E-state index contributed by atoms with van der Waals surface area (Å²) in [6.07, 6.45) is 1.81. The number of hydrogen-bond acceptors (Lipinski definition) is 2. The van der Waals surface area contributed by atoms with Crippen molar-refractivity contribution >= 4 is 22.6 Å². The predicted octanol–water partition coefficient (Wildman–Crippen LogP) is 3.12. The monoisotopic (exact) mass is 341 g/mol. The Kier molecular flexibility index (Phi) is 3.83. The molecule has 2 aromatic rings. The topological polar surface area (TPSA) is 43.8 Å². The quantitative estimate of drug-likeness (QED) is 0.872. The predicted molar refractivity (Wildman–Crippen MR) is 77.8 cm³/mol. The molecule has 90 valence electrons. The number of halogens is 1. The van der Waals surface area contributed by atoms with E-state index >= 15 is 0 Å². The molecule has 0 spiro atoms. The minimum atomic E-state index is -0.116. The Labute approximate surface area is 115 Å². The number of benzene rings is 1. The van der Waals surface area contributed by atoms with E-state index in [2.05, 4.69) is 59.7 Å². The van der Waals surface area contributed by atoms with Crippen molar-refractivity contribution in [1.29, 1.82) is 0 Å². The van der Waals surface area contributed by atoms with Crippen molar-refractivity contribution in [3.05, 3.63) is 51.4 Å².